The van der Waals surface area contributed by atoms with Gasteiger partial charge in [0, 0.05) is 10.7 Å². The Morgan fingerprint density at radius 1 is 1.35 bits per heavy atom. The zero-order valence-electron chi connectivity index (χ0n) is 9.61. The first-order chi connectivity index (χ1) is 8.04. The number of nitrogen functional groups attached to an aromatic ring is 1. The summed E-state index contributed by atoms with van der Waals surface area (Å²) in [5.41, 5.74) is 6.70. The SMILES string of the molecule is CC(C)Oc1cc(Br)cc(-c2cnc(N)s2)c1. The number of anilines is 1. The van der Waals surface area contributed by atoms with Gasteiger partial charge in [0.05, 0.1) is 11.0 Å². The molecule has 1 aromatic carbocycles. The molecule has 90 valence electrons. The molecular formula is C12H13BrN2OS. The van der Waals surface area contributed by atoms with E-state index in [1.165, 1.54) is 11.3 Å². The van der Waals surface area contributed by atoms with E-state index in [4.69, 9.17) is 10.5 Å². The van der Waals surface area contributed by atoms with Gasteiger partial charge in [0.25, 0.3) is 0 Å². The lowest BCUT2D eigenvalue weighted by molar-refractivity contribution is 0.242. The van der Waals surface area contributed by atoms with Crippen LogP contribution in [0, 0.1) is 0 Å². The third-order valence-electron chi connectivity index (χ3n) is 2.05. The molecule has 0 saturated carbocycles. The van der Waals surface area contributed by atoms with Gasteiger partial charge in [-0.1, -0.05) is 27.3 Å². The number of nitrogens with two attached hydrogens (primary N) is 1. The summed E-state index contributed by atoms with van der Waals surface area (Å²) in [7, 11) is 0. The normalized spacial score (nSPS) is 10.8. The number of hydrogen-bond acceptors (Lipinski definition) is 4. The van der Waals surface area contributed by atoms with E-state index in [0.717, 1.165) is 20.7 Å². The van der Waals surface area contributed by atoms with Crippen LogP contribution < -0.4 is 10.5 Å². The molecule has 3 nitrogen and oxygen atoms in total. The number of rotatable bonds is 3. The Morgan fingerprint density at radius 2 is 2.12 bits per heavy atom. The summed E-state index contributed by atoms with van der Waals surface area (Å²) in [6.45, 7) is 4.01. The van der Waals surface area contributed by atoms with E-state index in [9.17, 15) is 0 Å². The number of nitrogens with zero attached hydrogens (tertiary/aromatic N) is 1. The molecule has 1 heterocycles. The van der Waals surface area contributed by atoms with Gasteiger partial charge in [-0.3, -0.25) is 0 Å². The molecule has 2 N–H and O–H groups in total. The van der Waals surface area contributed by atoms with Crippen molar-refractivity contribution < 1.29 is 4.74 Å². The van der Waals surface area contributed by atoms with Crippen molar-refractivity contribution in [3.05, 3.63) is 28.9 Å². The van der Waals surface area contributed by atoms with Gasteiger partial charge in [-0.2, -0.15) is 0 Å². The molecule has 5 heteroatoms. The number of hydrogen-bond donors (Lipinski definition) is 1. The van der Waals surface area contributed by atoms with Crippen LogP contribution in [0.4, 0.5) is 5.13 Å². The fourth-order valence-electron chi connectivity index (χ4n) is 1.47. The summed E-state index contributed by atoms with van der Waals surface area (Å²) in [6, 6.07) is 5.98. The van der Waals surface area contributed by atoms with Crippen LogP contribution >= 0.6 is 27.3 Å². The van der Waals surface area contributed by atoms with Gasteiger partial charge in [0.2, 0.25) is 0 Å². The number of ether oxygens (including phenoxy) is 1. The number of aromatic nitrogens is 1. The first-order valence-electron chi connectivity index (χ1n) is 5.23. The molecule has 2 rings (SSSR count). The second-order valence-corrected chi connectivity index (χ2v) is 5.88. The van der Waals surface area contributed by atoms with Gasteiger partial charge in [-0.05, 0) is 37.6 Å². The minimum absolute atomic E-state index is 0.156. The van der Waals surface area contributed by atoms with Gasteiger partial charge in [0.1, 0.15) is 5.75 Å². The molecule has 0 fully saturated rings. The van der Waals surface area contributed by atoms with Crippen LogP contribution in [-0.2, 0) is 0 Å². The molecule has 2 aromatic rings. The number of thiazole rings is 1. The molecule has 0 bridgehead atoms. The number of benzene rings is 1. The highest BCUT2D eigenvalue weighted by molar-refractivity contribution is 9.10. The van der Waals surface area contributed by atoms with E-state index < -0.39 is 0 Å². The Kier molecular flexibility index (Phi) is 3.69. The lowest BCUT2D eigenvalue weighted by Crippen LogP contribution is -2.05. The minimum atomic E-state index is 0.156. The first kappa shape index (κ1) is 12.4. The van der Waals surface area contributed by atoms with E-state index >= 15 is 0 Å². The Hall–Kier alpha value is -1.07. The lowest BCUT2D eigenvalue weighted by atomic mass is 10.2. The molecule has 1 aromatic heterocycles. The third-order valence-corrected chi connectivity index (χ3v) is 3.38. The molecule has 0 saturated heterocycles. The second kappa shape index (κ2) is 5.06. The van der Waals surface area contributed by atoms with Crippen molar-refractivity contribution in [2.75, 3.05) is 5.73 Å². The molecule has 0 unspecified atom stereocenters. The summed E-state index contributed by atoms with van der Waals surface area (Å²) in [4.78, 5) is 5.09. The van der Waals surface area contributed by atoms with Crippen molar-refractivity contribution >= 4 is 32.4 Å². The van der Waals surface area contributed by atoms with E-state index in [1.807, 2.05) is 32.0 Å². The molecule has 0 atom stereocenters. The van der Waals surface area contributed by atoms with Crippen LogP contribution in [0.25, 0.3) is 10.4 Å². The Morgan fingerprint density at radius 3 is 2.71 bits per heavy atom. The minimum Gasteiger partial charge on any atom is -0.491 e. The standard InChI is InChI=1S/C12H13BrN2OS/c1-7(2)16-10-4-8(3-9(13)5-10)11-6-15-12(14)17-11/h3-7H,1-2H3,(H2,14,15). The smallest absolute Gasteiger partial charge is 0.180 e. The van der Waals surface area contributed by atoms with Crippen LogP contribution in [0.5, 0.6) is 5.75 Å². The lowest BCUT2D eigenvalue weighted by Gasteiger charge is -2.11. The van der Waals surface area contributed by atoms with Gasteiger partial charge >= 0.3 is 0 Å². The number of halogens is 1. The van der Waals surface area contributed by atoms with Crippen molar-refractivity contribution in [1.82, 2.24) is 4.98 Å². The summed E-state index contributed by atoms with van der Waals surface area (Å²) < 4.78 is 6.67. The molecule has 0 aliphatic heterocycles. The van der Waals surface area contributed by atoms with Crippen molar-refractivity contribution in [3.63, 3.8) is 0 Å². The van der Waals surface area contributed by atoms with Gasteiger partial charge < -0.3 is 10.5 Å². The van der Waals surface area contributed by atoms with Crippen LogP contribution in [0.3, 0.4) is 0 Å². The largest absolute Gasteiger partial charge is 0.491 e. The summed E-state index contributed by atoms with van der Waals surface area (Å²) in [5, 5.41) is 0.575. The van der Waals surface area contributed by atoms with E-state index in [0.29, 0.717) is 5.13 Å². The van der Waals surface area contributed by atoms with E-state index in [-0.39, 0.29) is 6.10 Å². The molecule has 0 aliphatic rings. The highest BCUT2D eigenvalue weighted by Gasteiger charge is 2.07. The third kappa shape index (κ3) is 3.20. The molecule has 0 spiro atoms. The maximum absolute atomic E-state index is 5.69. The van der Waals surface area contributed by atoms with Crippen molar-refractivity contribution in [2.45, 2.75) is 20.0 Å². The fourth-order valence-corrected chi connectivity index (χ4v) is 2.61. The van der Waals surface area contributed by atoms with Gasteiger partial charge in [-0.15, -0.1) is 0 Å². The molecular weight excluding hydrogens is 300 g/mol. The molecule has 0 aliphatic carbocycles. The fraction of sp³-hybridized carbons (Fsp3) is 0.250. The van der Waals surface area contributed by atoms with E-state index in [1.54, 1.807) is 6.20 Å². The average Bonchev–Trinajstić information content (AvgIpc) is 2.62. The summed E-state index contributed by atoms with van der Waals surface area (Å²) >= 11 is 4.95. The molecule has 0 radical (unpaired) electrons. The predicted molar refractivity (Wildman–Crippen MR) is 75.4 cm³/mol. The zero-order chi connectivity index (χ0) is 12.4. The first-order valence-corrected chi connectivity index (χ1v) is 6.84. The van der Waals surface area contributed by atoms with Crippen LogP contribution in [0.2, 0.25) is 0 Å². The van der Waals surface area contributed by atoms with Crippen molar-refractivity contribution in [1.29, 1.82) is 0 Å². The average molecular weight is 313 g/mol. The van der Waals surface area contributed by atoms with Gasteiger partial charge in [-0.25, -0.2) is 4.98 Å². The van der Waals surface area contributed by atoms with Crippen molar-refractivity contribution in [3.8, 4) is 16.2 Å². The molecule has 17 heavy (non-hydrogen) atoms. The summed E-state index contributed by atoms with van der Waals surface area (Å²) in [6.07, 6.45) is 1.93. The Labute approximate surface area is 113 Å². The zero-order valence-corrected chi connectivity index (χ0v) is 12.0. The van der Waals surface area contributed by atoms with E-state index in [2.05, 4.69) is 20.9 Å². The monoisotopic (exact) mass is 312 g/mol. The maximum Gasteiger partial charge on any atom is 0.180 e. The van der Waals surface area contributed by atoms with Crippen LogP contribution in [-0.4, -0.2) is 11.1 Å². The maximum atomic E-state index is 5.69. The van der Waals surface area contributed by atoms with Gasteiger partial charge in [0.15, 0.2) is 5.13 Å². The highest BCUT2D eigenvalue weighted by Crippen LogP contribution is 2.33. The molecule has 0 amide bonds. The Balaban J connectivity index is 2.37. The van der Waals surface area contributed by atoms with Crippen molar-refractivity contribution in [2.24, 2.45) is 0 Å². The predicted octanol–water partition coefficient (Wildman–Crippen LogP) is 3.94. The Bertz CT molecular complexity index is 525. The highest BCUT2D eigenvalue weighted by atomic mass is 79.9. The second-order valence-electron chi connectivity index (χ2n) is 3.90. The topological polar surface area (TPSA) is 48.1 Å². The van der Waals surface area contributed by atoms with Crippen LogP contribution in [0.15, 0.2) is 28.9 Å². The summed E-state index contributed by atoms with van der Waals surface area (Å²) in [5.74, 6) is 0.844. The van der Waals surface area contributed by atoms with Crippen LogP contribution in [0.1, 0.15) is 13.8 Å². The quantitative estimate of drug-likeness (QED) is 0.933.